The van der Waals surface area contributed by atoms with Gasteiger partial charge in [-0.1, -0.05) is 23.4 Å². The van der Waals surface area contributed by atoms with E-state index in [1.807, 2.05) is 12.1 Å². The molecule has 7 heteroatoms. The molecule has 0 aliphatic heterocycles. The first-order chi connectivity index (χ1) is 10.1. The SMILES string of the molecule is O=[N+]([O-])c1ccc(Cl)c(OCc2ccc(C#CCO)s2)c1. The Morgan fingerprint density at radius 1 is 1.38 bits per heavy atom. The van der Waals surface area contributed by atoms with Crippen LogP contribution in [0.5, 0.6) is 5.75 Å². The molecule has 0 fully saturated rings. The summed E-state index contributed by atoms with van der Waals surface area (Å²) in [7, 11) is 0. The van der Waals surface area contributed by atoms with E-state index in [9.17, 15) is 10.1 Å². The molecule has 1 aromatic heterocycles. The molecule has 0 aliphatic carbocycles. The number of thiophene rings is 1. The standard InChI is InChI=1S/C14H10ClNO4S/c15-13-6-3-10(16(18)19)8-14(13)20-9-12-5-4-11(21-12)2-1-7-17/h3-6,8,17H,7,9H2. The fourth-order valence-electron chi connectivity index (χ4n) is 1.51. The van der Waals surface area contributed by atoms with Crippen molar-refractivity contribution in [3.05, 3.63) is 55.2 Å². The van der Waals surface area contributed by atoms with Gasteiger partial charge < -0.3 is 9.84 Å². The number of rotatable bonds is 4. The number of hydrogen-bond acceptors (Lipinski definition) is 5. The molecule has 2 rings (SSSR count). The van der Waals surface area contributed by atoms with Gasteiger partial charge in [-0.15, -0.1) is 11.3 Å². The first-order valence-corrected chi connectivity index (χ1v) is 7.05. The summed E-state index contributed by atoms with van der Waals surface area (Å²) in [5.41, 5.74) is -0.0740. The minimum atomic E-state index is -0.503. The zero-order valence-corrected chi connectivity index (χ0v) is 12.3. The van der Waals surface area contributed by atoms with E-state index in [1.54, 1.807) is 0 Å². The van der Waals surface area contributed by atoms with E-state index in [-0.39, 0.29) is 24.7 Å². The van der Waals surface area contributed by atoms with Crippen LogP contribution in [0, 0.1) is 22.0 Å². The number of nitrogens with zero attached hydrogens (tertiary/aromatic N) is 1. The lowest BCUT2D eigenvalue weighted by Crippen LogP contribution is -1.95. The first-order valence-electron chi connectivity index (χ1n) is 5.85. The molecule has 0 spiro atoms. The lowest BCUT2D eigenvalue weighted by Gasteiger charge is -2.06. The summed E-state index contributed by atoms with van der Waals surface area (Å²) >= 11 is 7.37. The minimum Gasteiger partial charge on any atom is -0.486 e. The van der Waals surface area contributed by atoms with E-state index in [0.717, 1.165) is 9.75 Å². The van der Waals surface area contributed by atoms with Crippen LogP contribution in [0.4, 0.5) is 5.69 Å². The Morgan fingerprint density at radius 2 is 2.19 bits per heavy atom. The molecule has 0 radical (unpaired) electrons. The minimum absolute atomic E-state index is 0.0740. The largest absolute Gasteiger partial charge is 0.486 e. The average Bonchev–Trinajstić information content (AvgIpc) is 2.92. The highest BCUT2D eigenvalue weighted by Crippen LogP contribution is 2.30. The molecule has 0 saturated heterocycles. The van der Waals surface area contributed by atoms with Crippen molar-refractivity contribution in [2.45, 2.75) is 6.61 Å². The van der Waals surface area contributed by atoms with Gasteiger partial charge in [0.1, 0.15) is 19.0 Å². The van der Waals surface area contributed by atoms with Crippen LogP contribution in [-0.2, 0) is 6.61 Å². The Morgan fingerprint density at radius 3 is 2.90 bits per heavy atom. The number of ether oxygens (including phenoxy) is 1. The molecule has 5 nitrogen and oxygen atoms in total. The first kappa shape index (κ1) is 15.3. The van der Waals surface area contributed by atoms with Gasteiger partial charge in [0.05, 0.1) is 20.9 Å². The highest BCUT2D eigenvalue weighted by atomic mass is 35.5. The van der Waals surface area contributed by atoms with Crippen LogP contribution in [0.2, 0.25) is 5.02 Å². The molecule has 21 heavy (non-hydrogen) atoms. The van der Waals surface area contributed by atoms with Crippen molar-refractivity contribution in [3.8, 4) is 17.6 Å². The summed E-state index contributed by atoms with van der Waals surface area (Å²) in [6, 6.07) is 7.71. The smallest absolute Gasteiger partial charge is 0.273 e. The number of non-ortho nitro benzene ring substituents is 1. The normalized spacial score (nSPS) is 9.81. The quantitative estimate of drug-likeness (QED) is 0.532. The van der Waals surface area contributed by atoms with Crippen LogP contribution in [0.3, 0.4) is 0 Å². The molecule has 0 unspecified atom stereocenters. The van der Waals surface area contributed by atoms with Crippen LogP contribution >= 0.6 is 22.9 Å². The molecule has 0 atom stereocenters. The average molecular weight is 324 g/mol. The van der Waals surface area contributed by atoms with Crippen LogP contribution in [0.25, 0.3) is 0 Å². The number of nitro groups is 1. The number of hydrogen-bond donors (Lipinski definition) is 1. The van der Waals surface area contributed by atoms with Gasteiger partial charge in [-0.05, 0) is 18.2 Å². The van der Waals surface area contributed by atoms with Crippen LogP contribution in [0.15, 0.2) is 30.3 Å². The lowest BCUT2D eigenvalue weighted by atomic mass is 10.3. The van der Waals surface area contributed by atoms with Crippen molar-refractivity contribution in [1.82, 2.24) is 0 Å². The van der Waals surface area contributed by atoms with Crippen molar-refractivity contribution in [2.24, 2.45) is 0 Å². The molecule has 2 aromatic rings. The van der Waals surface area contributed by atoms with Crippen molar-refractivity contribution < 1.29 is 14.8 Å². The van der Waals surface area contributed by atoms with E-state index in [0.29, 0.717) is 5.02 Å². The molecule has 1 N–H and O–H groups in total. The Hall–Kier alpha value is -2.07. The van der Waals surface area contributed by atoms with Gasteiger partial charge in [-0.3, -0.25) is 10.1 Å². The van der Waals surface area contributed by atoms with Gasteiger partial charge in [0.15, 0.2) is 0 Å². The van der Waals surface area contributed by atoms with E-state index in [2.05, 4.69) is 11.8 Å². The topological polar surface area (TPSA) is 72.6 Å². The molecule has 1 heterocycles. The van der Waals surface area contributed by atoms with Gasteiger partial charge >= 0.3 is 0 Å². The third-order valence-corrected chi connectivity index (χ3v) is 3.73. The molecular formula is C14H10ClNO4S. The Bertz CT molecular complexity index is 717. The fourth-order valence-corrected chi connectivity index (χ4v) is 2.48. The number of aliphatic hydroxyl groups excluding tert-OH is 1. The number of nitro benzene ring substituents is 1. The zero-order valence-electron chi connectivity index (χ0n) is 10.7. The summed E-state index contributed by atoms with van der Waals surface area (Å²) in [4.78, 5) is 11.9. The summed E-state index contributed by atoms with van der Waals surface area (Å²) in [5.74, 6) is 5.62. The molecule has 1 aromatic carbocycles. The number of halogens is 1. The molecule has 0 aliphatic rings. The van der Waals surface area contributed by atoms with E-state index < -0.39 is 4.92 Å². The maximum atomic E-state index is 10.7. The van der Waals surface area contributed by atoms with Gasteiger partial charge in [0.2, 0.25) is 0 Å². The van der Waals surface area contributed by atoms with Gasteiger partial charge in [-0.25, -0.2) is 0 Å². The molecule has 0 bridgehead atoms. The van der Waals surface area contributed by atoms with Gasteiger partial charge in [-0.2, -0.15) is 0 Å². The second kappa shape index (κ2) is 7.09. The van der Waals surface area contributed by atoms with Crippen LogP contribution < -0.4 is 4.74 Å². The van der Waals surface area contributed by atoms with E-state index in [1.165, 1.54) is 29.5 Å². The predicted molar refractivity (Wildman–Crippen MR) is 80.7 cm³/mol. The third kappa shape index (κ3) is 4.20. The van der Waals surface area contributed by atoms with Crippen molar-refractivity contribution in [2.75, 3.05) is 6.61 Å². The Balaban J connectivity index is 2.07. The second-order valence-electron chi connectivity index (χ2n) is 3.89. The number of aliphatic hydroxyl groups is 1. The van der Waals surface area contributed by atoms with Gasteiger partial charge in [0.25, 0.3) is 5.69 Å². The van der Waals surface area contributed by atoms with Crippen molar-refractivity contribution in [1.29, 1.82) is 0 Å². The maximum absolute atomic E-state index is 10.7. The number of benzene rings is 1. The predicted octanol–water partition coefficient (Wildman–Crippen LogP) is 3.23. The van der Waals surface area contributed by atoms with Crippen molar-refractivity contribution in [3.63, 3.8) is 0 Å². The van der Waals surface area contributed by atoms with Gasteiger partial charge in [0, 0.05) is 10.9 Å². The fraction of sp³-hybridized carbons (Fsp3) is 0.143. The van der Waals surface area contributed by atoms with E-state index in [4.69, 9.17) is 21.4 Å². The zero-order chi connectivity index (χ0) is 15.2. The molecule has 0 saturated carbocycles. The summed E-state index contributed by atoms with van der Waals surface area (Å²) < 4.78 is 5.51. The lowest BCUT2D eigenvalue weighted by molar-refractivity contribution is -0.384. The summed E-state index contributed by atoms with van der Waals surface area (Å²) in [6.07, 6.45) is 0. The highest BCUT2D eigenvalue weighted by Gasteiger charge is 2.11. The molecule has 0 amide bonds. The van der Waals surface area contributed by atoms with Crippen molar-refractivity contribution >= 4 is 28.6 Å². The summed E-state index contributed by atoms with van der Waals surface area (Å²) in [5, 5.41) is 19.7. The van der Waals surface area contributed by atoms with Crippen LogP contribution in [0.1, 0.15) is 9.75 Å². The maximum Gasteiger partial charge on any atom is 0.273 e. The van der Waals surface area contributed by atoms with E-state index >= 15 is 0 Å². The summed E-state index contributed by atoms with van der Waals surface area (Å²) in [6.45, 7) is 0.0549. The second-order valence-corrected chi connectivity index (χ2v) is 5.46. The Labute approximate surface area is 129 Å². The monoisotopic (exact) mass is 323 g/mol. The highest BCUT2D eigenvalue weighted by molar-refractivity contribution is 7.12. The Kier molecular flexibility index (Phi) is 5.17. The molecule has 108 valence electrons. The third-order valence-electron chi connectivity index (χ3n) is 2.45. The molecular weight excluding hydrogens is 314 g/mol. The van der Waals surface area contributed by atoms with Crippen LogP contribution in [-0.4, -0.2) is 16.6 Å².